The van der Waals surface area contributed by atoms with Gasteiger partial charge in [-0.1, -0.05) is 43.8 Å². The average Bonchev–Trinajstić information content (AvgIpc) is 3.00. The molecule has 24 heavy (non-hydrogen) atoms. The smallest absolute Gasteiger partial charge is 0.233 e. The Balaban J connectivity index is 1.67. The van der Waals surface area contributed by atoms with Gasteiger partial charge in [0.25, 0.3) is 0 Å². The maximum absolute atomic E-state index is 12.5. The number of amides is 1. The fraction of sp³-hybridized carbons (Fsp3) is 0.529. The van der Waals surface area contributed by atoms with Crippen LogP contribution in [0, 0.1) is 18.8 Å². The molecule has 128 valence electrons. The van der Waals surface area contributed by atoms with Crippen LogP contribution in [0.5, 0.6) is 0 Å². The molecule has 2 aromatic rings. The Kier molecular flexibility index (Phi) is 5.18. The summed E-state index contributed by atoms with van der Waals surface area (Å²) in [6.07, 6.45) is 1.20. The van der Waals surface area contributed by atoms with Gasteiger partial charge in [-0.15, -0.1) is 5.10 Å². The molecule has 0 aliphatic carbocycles. The number of carbonyl (C=O) groups is 1. The predicted octanol–water partition coefficient (Wildman–Crippen LogP) is 2.57. The van der Waals surface area contributed by atoms with E-state index in [9.17, 15) is 4.79 Å². The van der Waals surface area contributed by atoms with Crippen LogP contribution < -0.4 is 0 Å². The molecule has 2 heterocycles. The lowest BCUT2D eigenvalue weighted by molar-refractivity contribution is -0.130. The van der Waals surface area contributed by atoms with Gasteiger partial charge >= 0.3 is 0 Å². The second-order valence-corrected chi connectivity index (χ2v) is 7.64. The van der Waals surface area contributed by atoms with Crippen LogP contribution in [0.1, 0.15) is 25.8 Å². The van der Waals surface area contributed by atoms with Crippen LogP contribution in [0.25, 0.3) is 5.69 Å². The molecule has 3 rings (SSSR count). The summed E-state index contributed by atoms with van der Waals surface area (Å²) in [5.74, 6) is 1.67. The van der Waals surface area contributed by atoms with Crippen LogP contribution >= 0.6 is 11.8 Å². The van der Waals surface area contributed by atoms with E-state index in [4.69, 9.17) is 0 Å². The standard InChI is InChI=1S/C17H23N5OS/c1-12-8-13(2)10-21(9-12)16(23)11-24-17-18-19-20-22(17)15-7-5-4-6-14(15)3/h4-7,12-13H,8-11H2,1-3H3/t12-,13-/m1/s1. The molecule has 1 aromatic carbocycles. The van der Waals surface area contributed by atoms with E-state index in [1.165, 1.54) is 18.2 Å². The molecular formula is C17H23N5OS. The number of rotatable bonds is 4. The summed E-state index contributed by atoms with van der Waals surface area (Å²) in [6, 6.07) is 7.94. The van der Waals surface area contributed by atoms with Crippen LogP contribution in [0.4, 0.5) is 0 Å². The van der Waals surface area contributed by atoms with Crippen molar-refractivity contribution in [2.24, 2.45) is 11.8 Å². The van der Waals surface area contributed by atoms with E-state index in [1.807, 2.05) is 36.1 Å². The number of aryl methyl sites for hydroxylation is 1. The summed E-state index contributed by atoms with van der Waals surface area (Å²) in [4.78, 5) is 14.5. The van der Waals surface area contributed by atoms with E-state index in [2.05, 4.69) is 29.4 Å². The maximum Gasteiger partial charge on any atom is 0.233 e. The third-order valence-corrected chi connectivity index (χ3v) is 5.23. The molecule has 0 unspecified atom stereocenters. The van der Waals surface area contributed by atoms with Crippen molar-refractivity contribution >= 4 is 17.7 Å². The van der Waals surface area contributed by atoms with Crippen LogP contribution in [-0.4, -0.2) is 49.9 Å². The van der Waals surface area contributed by atoms with Crippen molar-refractivity contribution in [3.8, 4) is 5.69 Å². The molecule has 1 fully saturated rings. The van der Waals surface area contributed by atoms with E-state index in [-0.39, 0.29) is 5.91 Å². The third-order valence-electron chi connectivity index (χ3n) is 4.33. The summed E-state index contributed by atoms with van der Waals surface area (Å²) in [5, 5.41) is 12.6. The zero-order valence-corrected chi connectivity index (χ0v) is 15.2. The molecule has 1 amide bonds. The van der Waals surface area contributed by atoms with Crippen molar-refractivity contribution < 1.29 is 4.79 Å². The Bertz CT molecular complexity index is 707. The quantitative estimate of drug-likeness (QED) is 0.797. The summed E-state index contributed by atoms with van der Waals surface area (Å²) in [5.41, 5.74) is 2.04. The van der Waals surface area contributed by atoms with E-state index >= 15 is 0 Å². The lowest BCUT2D eigenvalue weighted by Crippen LogP contribution is -2.43. The number of carbonyl (C=O) groups excluding carboxylic acids is 1. The molecule has 0 spiro atoms. The molecule has 7 heteroatoms. The molecular weight excluding hydrogens is 322 g/mol. The molecule has 1 aliphatic heterocycles. The van der Waals surface area contributed by atoms with Crippen molar-refractivity contribution in [1.29, 1.82) is 0 Å². The lowest BCUT2D eigenvalue weighted by atomic mass is 9.92. The highest BCUT2D eigenvalue weighted by Crippen LogP contribution is 2.24. The van der Waals surface area contributed by atoms with Gasteiger partial charge in [-0.2, -0.15) is 4.68 Å². The molecule has 0 bridgehead atoms. The van der Waals surface area contributed by atoms with Crippen molar-refractivity contribution in [2.45, 2.75) is 32.3 Å². The SMILES string of the molecule is Cc1ccccc1-n1nnnc1SCC(=O)N1C[C@H](C)C[C@@H](C)C1. The summed E-state index contributed by atoms with van der Waals surface area (Å²) < 4.78 is 1.70. The largest absolute Gasteiger partial charge is 0.341 e. The minimum Gasteiger partial charge on any atom is -0.341 e. The fourth-order valence-corrected chi connectivity index (χ4v) is 4.09. The molecule has 0 radical (unpaired) electrons. The fourth-order valence-electron chi connectivity index (χ4n) is 3.31. The van der Waals surface area contributed by atoms with Gasteiger partial charge in [-0.25, -0.2) is 0 Å². The van der Waals surface area contributed by atoms with E-state index in [0.29, 0.717) is 22.7 Å². The molecule has 0 saturated carbocycles. The van der Waals surface area contributed by atoms with Crippen LogP contribution in [0.15, 0.2) is 29.4 Å². The highest BCUT2D eigenvalue weighted by molar-refractivity contribution is 7.99. The number of piperidine rings is 1. The first-order chi connectivity index (χ1) is 11.5. The maximum atomic E-state index is 12.5. The summed E-state index contributed by atoms with van der Waals surface area (Å²) in [6.45, 7) is 8.15. The van der Waals surface area contributed by atoms with Gasteiger partial charge in [0.15, 0.2) is 0 Å². The minimum absolute atomic E-state index is 0.165. The Hall–Kier alpha value is -1.89. The number of nitrogens with zero attached hydrogens (tertiary/aromatic N) is 5. The van der Waals surface area contributed by atoms with Crippen LogP contribution in [-0.2, 0) is 4.79 Å². The van der Waals surface area contributed by atoms with E-state index in [0.717, 1.165) is 24.3 Å². The zero-order valence-electron chi connectivity index (χ0n) is 14.3. The van der Waals surface area contributed by atoms with Crippen molar-refractivity contribution in [3.63, 3.8) is 0 Å². The predicted molar refractivity (Wildman–Crippen MR) is 94.1 cm³/mol. The summed E-state index contributed by atoms with van der Waals surface area (Å²) >= 11 is 1.40. The number of aromatic nitrogens is 4. The second kappa shape index (κ2) is 7.34. The van der Waals surface area contributed by atoms with Gasteiger partial charge in [0.05, 0.1) is 11.4 Å². The molecule has 0 N–H and O–H groups in total. The van der Waals surface area contributed by atoms with Crippen molar-refractivity contribution in [1.82, 2.24) is 25.1 Å². The van der Waals surface area contributed by atoms with Gasteiger partial charge < -0.3 is 4.90 Å². The van der Waals surface area contributed by atoms with Crippen molar-refractivity contribution in [2.75, 3.05) is 18.8 Å². The molecule has 2 atom stereocenters. The van der Waals surface area contributed by atoms with Gasteiger partial charge in [-0.05, 0) is 47.2 Å². The number of hydrogen-bond donors (Lipinski definition) is 0. The van der Waals surface area contributed by atoms with Crippen molar-refractivity contribution in [3.05, 3.63) is 29.8 Å². The topological polar surface area (TPSA) is 63.9 Å². The number of hydrogen-bond acceptors (Lipinski definition) is 5. The molecule has 1 aliphatic rings. The molecule has 1 aromatic heterocycles. The minimum atomic E-state index is 0.165. The normalized spacial score (nSPS) is 21.0. The third kappa shape index (κ3) is 3.77. The molecule has 6 nitrogen and oxygen atoms in total. The Morgan fingerprint density at radius 1 is 1.25 bits per heavy atom. The van der Waals surface area contributed by atoms with Gasteiger partial charge in [0.2, 0.25) is 11.1 Å². The average molecular weight is 345 g/mol. The number of para-hydroxylation sites is 1. The van der Waals surface area contributed by atoms with E-state index in [1.54, 1.807) is 4.68 Å². The van der Waals surface area contributed by atoms with E-state index < -0.39 is 0 Å². The second-order valence-electron chi connectivity index (χ2n) is 6.69. The number of thioether (sulfide) groups is 1. The number of likely N-dealkylation sites (tertiary alicyclic amines) is 1. The monoisotopic (exact) mass is 345 g/mol. The summed E-state index contributed by atoms with van der Waals surface area (Å²) in [7, 11) is 0. The highest BCUT2D eigenvalue weighted by atomic mass is 32.2. The van der Waals surface area contributed by atoms with Crippen LogP contribution in [0.3, 0.4) is 0 Å². The van der Waals surface area contributed by atoms with Gasteiger partial charge in [-0.3, -0.25) is 4.79 Å². The first kappa shape index (κ1) is 17.0. The Morgan fingerprint density at radius 3 is 2.67 bits per heavy atom. The highest BCUT2D eigenvalue weighted by Gasteiger charge is 2.25. The Morgan fingerprint density at radius 2 is 1.96 bits per heavy atom. The first-order valence-corrected chi connectivity index (χ1v) is 9.28. The first-order valence-electron chi connectivity index (χ1n) is 8.29. The lowest BCUT2D eigenvalue weighted by Gasteiger charge is -2.34. The Labute approximate surface area is 146 Å². The molecule has 1 saturated heterocycles. The van der Waals surface area contributed by atoms with Gasteiger partial charge in [0, 0.05) is 13.1 Å². The number of tetrazole rings is 1. The number of benzene rings is 1. The van der Waals surface area contributed by atoms with Gasteiger partial charge in [0.1, 0.15) is 0 Å². The zero-order chi connectivity index (χ0) is 17.1. The van der Waals surface area contributed by atoms with Crippen LogP contribution in [0.2, 0.25) is 0 Å².